The Hall–Kier alpha value is -6.16. The Morgan fingerprint density at radius 2 is 1.04 bits per heavy atom. The summed E-state index contributed by atoms with van der Waals surface area (Å²) in [5, 5.41) is 7.84. The molecule has 0 amide bonds. The largest absolute Gasteiger partial charge is 0.456 e. The monoisotopic (exact) mass is 669 g/mol. The summed E-state index contributed by atoms with van der Waals surface area (Å²) in [6, 6.07) is 64.0. The standard InChI is InChI=1S/C48H35NOSi/c1-51(2)44-18-10-16-41(47(44)48-45(51)30-29-43-46(48)40-15-8-9-17-42(40)50-43)49(38-25-21-34(22-26-38)32-11-4-3-5-12-32)39-27-23-35(24-28-39)37-20-19-33-13-6-7-14-36(33)31-37/h3-31H,1-2H3. The van der Waals surface area contributed by atoms with E-state index in [1.807, 2.05) is 0 Å². The van der Waals surface area contributed by atoms with Crippen molar-refractivity contribution in [1.29, 1.82) is 0 Å². The topological polar surface area (TPSA) is 16.4 Å². The number of rotatable bonds is 5. The van der Waals surface area contributed by atoms with Gasteiger partial charge in [-0.05, 0) is 97.5 Å². The van der Waals surface area contributed by atoms with Gasteiger partial charge in [0.25, 0.3) is 0 Å². The molecule has 0 bridgehead atoms. The Morgan fingerprint density at radius 3 is 1.80 bits per heavy atom. The number of benzene rings is 8. The van der Waals surface area contributed by atoms with Gasteiger partial charge >= 0.3 is 0 Å². The third kappa shape index (κ3) is 4.70. The number of hydrogen-bond donors (Lipinski definition) is 0. The fourth-order valence-corrected chi connectivity index (χ4v) is 11.3. The summed E-state index contributed by atoms with van der Waals surface area (Å²) in [4.78, 5) is 2.46. The van der Waals surface area contributed by atoms with Crippen molar-refractivity contribution >= 4 is 68.2 Å². The van der Waals surface area contributed by atoms with E-state index in [1.165, 1.54) is 71.0 Å². The minimum absolute atomic E-state index is 0.934. The maximum atomic E-state index is 6.47. The lowest BCUT2D eigenvalue weighted by atomic mass is 9.96. The Kier molecular flexibility index (Phi) is 6.67. The first-order valence-electron chi connectivity index (χ1n) is 17.7. The minimum Gasteiger partial charge on any atom is -0.456 e. The number of para-hydroxylation sites is 1. The van der Waals surface area contributed by atoms with E-state index in [0.717, 1.165) is 22.5 Å². The molecule has 10 rings (SSSR count). The first kappa shape index (κ1) is 29.7. The predicted molar refractivity (Wildman–Crippen MR) is 219 cm³/mol. The highest BCUT2D eigenvalue weighted by Gasteiger charge is 2.41. The normalized spacial score (nSPS) is 13.1. The molecule has 1 aliphatic rings. The summed E-state index contributed by atoms with van der Waals surface area (Å²) in [7, 11) is -2.04. The summed E-state index contributed by atoms with van der Waals surface area (Å²) in [6.07, 6.45) is 0. The highest BCUT2D eigenvalue weighted by atomic mass is 28.3. The number of furan rings is 1. The maximum Gasteiger partial charge on any atom is 0.136 e. The molecule has 0 spiro atoms. The van der Waals surface area contributed by atoms with E-state index in [9.17, 15) is 0 Å². The molecule has 0 saturated carbocycles. The van der Waals surface area contributed by atoms with Crippen LogP contribution in [0.2, 0.25) is 13.1 Å². The van der Waals surface area contributed by atoms with Gasteiger partial charge in [-0.25, -0.2) is 0 Å². The molecule has 2 heterocycles. The molecule has 0 radical (unpaired) electrons. The van der Waals surface area contributed by atoms with Crippen molar-refractivity contribution < 1.29 is 4.42 Å². The van der Waals surface area contributed by atoms with E-state index >= 15 is 0 Å². The molecule has 3 heteroatoms. The van der Waals surface area contributed by atoms with Crippen LogP contribution in [-0.2, 0) is 0 Å². The zero-order chi connectivity index (χ0) is 34.1. The fraction of sp³-hybridized carbons (Fsp3) is 0.0417. The van der Waals surface area contributed by atoms with E-state index in [4.69, 9.17) is 4.42 Å². The molecular weight excluding hydrogens is 635 g/mol. The Labute approximate surface area is 298 Å². The highest BCUT2D eigenvalue weighted by Crippen LogP contribution is 2.47. The smallest absolute Gasteiger partial charge is 0.136 e. The number of fused-ring (bicyclic) bond motifs is 8. The van der Waals surface area contributed by atoms with Gasteiger partial charge in [-0.15, -0.1) is 0 Å². The predicted octanol–water partition coefficient (Wildman–Crippen LogP) is 12.3. The van der Waals surface area contributed by atoms with Crippen LogP contribution >= 0.6 is 0 Å². The molecule has 51 heavy (non-hydrogen) atoms. The average molecular weight is 670 g/mol. The van der Waals surface area contributed by atoms with Gasteiger partial charge < -0.3 is 9.32 Å². The van der Waals surface area contributed by atoms with Crippen molar-refractivity contribution in [3.8, 4) is 33.4 Å². The molecular formula is C48H35NOSi. The first-order valence-corrected chi connectivity index (χ1v) is 20.7. The van der Waals surface area contributed by atoms with Gasteiger partial charge in [0.2, 0.25) is 0 Å². The van der Waals surface area contributed by atoms with Crippen LogP contribution in [0.5, 0.6) is 0 Å². The third-order valence-corrected chi connectivity index (χ3v) is 14.4. The van der Waals surface area contributed by atoms with Crippen LogP contribution < -0.4 is 15.3 Å². The van der Waals surface area contributed by atoms with Gasteiger partial charge in [0.05, 0.1) is 5.69 Å². The van der Waals surface area contributed by atoms with Crippen molar-refractivity contribution in [3.63, 3.8) is 0 Å². The van der Waals surface area contributed by atoms with Gasteiger partial charge in [0.1, 0.15) is 19.2 Å². The second-order valence-corrected chi connectivity index (χ2v) is 18.5. The zero-order valence-corrected chi connectivity index (χ0v) is 29.6. The molecule has 1 aromatic heterocycles. The lowest BCUT2D eigenvalue weighted by molar-refractivity contribution is 0.669. The quantitative estimate of drug-likeness (QED) is 0.170. The third-order valence-electron chi connectivity index (χ3n) is 10.9. The molecule has 0 atom stereocenters. The summed E-state index contributed by atoms with van der Waals surface area (Å²) < 4.78 is 6.47. The van der Waals surface area contributed by atoms with E-state index in [1.54, 1.807) is 0 Å². The van der Waals surface area contributed by atoms with Crippen molar-refractivity contribution in [2.24, 2.45) is 0 Å². The second kappa shape index (κ2) is 11.4. The van der Waals surface area contributed by atoms with Gasteiger partial charge in [-0.3, -0.25) is 0 Å². The van der Waals surface area contributed by atoms with Crippen molar-refractivity contribution in [3.05, 3.63) is 176 Å². The number of nitrogens with zero attached hydrogens (tertiary/aromatic N) is 1. The van der Waals surface area contributed by atoms with Crippen LogP contribution in [0, 0.1) is 0 Å². The molecule has 2 nitrogen and oxygen atoms in total. The number of hydrogen-bond acceptors (Lipinski definition) is 2. The lowest BCUT2D eigenvalue weighted by Gasteiger charge is -2.29. The molecule has 0 saturated heterocycles. The van der Waals surface area contributed by atoms with Gasteiger partial charge in [0.15, 0.2) is 0 Å². The molecule has 8 aromatic carbocycles. The van der Waals surface area contributed by atoms with Gasteiger partial charge in [0, 0.05) is 27.7 Å². The Balaban J connectivity index is 1.19. The van der Waals surface area contributed by atoms with E-state index in [2.05, 4.69) is 194 Å². The molecule has 0 unspecified atom stereocenters. The van der Waals surface area contributed by atoms with Crippen LogP contribution in [0.1, 0.15) is 0 Å². The second-order valence-electron chi connectivity index (χ2n) is 14.1. The first-order chi connectivity index (χ1) is 25.0. The fourth-order valence-electron chi connectivity index (χ4n) is 8.28. The molecule has 9 aromatic rings. The zero-order valence-electron chi connectivity index (χ0n) is 28.6. The maximum absolute atomic E-state index is 6.47. The summed E-state index contributed by atoms with van der Waals surface area (Å²) in [6.45, 7) is 4.99. The molecule has 0 aliphatic carbocycles. The Bertz CT molecular complexity index is 2760. The highest BCUT2D eigenvalue weighted by molar-refractivity contribution is 7.04. The van der Waals surface area contributed by atoms with Crippen LogP contribution in [0.25, 0.3) is 66.1 Å². The molecule has 242 valence electrons. The van der Waals surface area contributed by atoms with Gasteiger partial charge in [-0.1, -0.05) is 140 Å². The number of anilines is 3. The van der Waals surface area contributed by atoms with Crippen LogP contribution in [0.4, 0.5) is 17.1 Å². The van der Waals surface area contributed by atoms with Gasteiger partial charge in [-0.2, -0.15) is 0 Å². The van der Waals surface area contributed by atoms with E-state index in [-0.39, 0.29) is 0 Å². The van der Waals surface area contributed by atoms with E-state index in [0.29, 0.717) is 0 Å². The molecule has 0 N–H and O–H groups in total. The summed E-state index contributed by atoms with van der Waals surface area (Å²) >= 11 is 0. The Morgan fingerprint density at radius 1 is 0.431 bits per heavy atom. The van der Waals surface area contributed by atoms with Crippen LogP contribution in [0.3, 0.4) is 0 Å². The van der Waals surface area contributed by atoms with Crippen molar-refractivity contribution in [2.75, 3.05) is 4.90 Å². The summed E-state index contributed by atoms with van der Waals surface area (Å²) in [5.41, 5.74) is 12.8. The molecule has 1 aliphatic heterocycles. The average Bonchev–Trinajstić information content (AvgIpc) is 3.68. The van der Waals surface area contributed by atoms with Crippen LogP contribution in [0.15, 0.2) is 180 Å². The minimum atomic E-state index is -2.04. The van der Waals surface area contributed by atoms with Crippen LogP contribution in [-0.4, -0.2) is 8.07 Å². The van der Waals surface area contributed by atoms with Crippen molar-refractivity contribution in [2.45, 2.75) is 13.1 Å². The summed E-state index contributed by atoms with van der Waals surface area (Å²) in [5.74, 6) is 0. The van der Waals surface area contributed by atoms with Crippen molar-refractivity contribution in [1.82, 2.24) is 0 Å². The van der Waals surface area contributed by atoms with E-state index < -0.39 is 8.07 Å². The lowest BCUT2D eigenvalue weighted by Crippen LogP contribution is -2.49. The molecule has 0 fully saturated rings. The SMILES string of the molecule is C[Si]1(C)c2cccc(N(c3ccc(-c4ccccc4)cc3)c3ccc(-c4ccc5ccccc5c4)cc3)c2-c2c1ccc1oc3ccccc3c21.